The van der Waals surface area contributed by atoms with E-state index in [4.69, 9.17) is 11.6 Å². The maximum Gasteiger partial charge on any atom is 0.269 e. The Balaban J connectivity index is 2.09. The van der Waals surface area contributed by atoms with Crippen molar-refractivity contribution in [3.05, 3.63) is 51.1 Å². The summed E-state index contributed by atoms with van der Waals surface area (Å²) >= 11 is 6.06. The zero-order valence-corrected chi connectivity index (χ0v) is 12.5. The molecule has 1 atom stereocenters. The SMILES string of the molecule is CN(Cc1cc([N+](=O)[O-])ccc1Cl)C(=O)C1CC=CCC1. The lowest BCUT2D eigenvalue weighted by Crippen LogP contribution is -2.33. The van der Waals surface area contributed by atoms with Gasteiger partial charge in [0, 0.05) is 36.7 Å². The Morgan fingerprint density at radius 3 is 2.86 bits per heavy atom. The molecule has 0 radical (unpaired) electrons. The number of allylic oxidation sites excluding steroid dienone is 2. The second-order valence-corrected chi connectivity index (χ2v) is 5.62. The summed E-state index contributed by atoms with van der Waals surface area (Å²) in [6.45, 7) is 0.277. The molecule has 6 heteroatoms. The molecule has 0 heterocycles. The van der Waals surface area contributed by atoms with Gasteiger partial charge in [0.25, 0.3) is 5.69 Å². The fourth-order valence-corrected chi connectivity index (χ4v) is 2.64. The van der Waals surface area contributed by atoms with Crippen LogP contribution in [0.1, 0.15) is 24.8 Å². The Morgan fingerprint density at radius 2 is 2.24 bits per heavy atom. The molecule has 0 aromatic heterocycles. The lowest BCUT2D eigenvalue weighted by atomic mass is 9.93. The number of amides is 1. The lowest BCUT2D eigenvalue weighted by molar-refractivity contribution is -0.384. The van der Waals surface area contributed by atoms with Crippen LogP contribution in [0.15, 0.2) is 30.4 Å². The Morgan fingerprint density at radius 1 is 1.48 bits per heavy atom. The largest absolute Gasteiger partial charge is 0.341 e. The second kappa shape index (κ2) is 6.72. The van der Waals surface area contributed by atoms with Gasteiger partial charge in [-0.05, 0) is 30.9 Å². The summed E-state index contributed by atoms with van der Waals surface area (Å²) < 4.78 is 0. The van der Waals surface area contributed by atoms with Crippen LogP contribution in [0.4, 0.5) is 5.69 Å². The highest BCUT2D eigenvalue weighted by atomic mass is 35.5. The van der Waals surface area contributed by atoms with Crippen LogP contribution in [0.3, 0.4) is 0 Å². The van der Waals surface area contributed by atoms with Gasteiger partial charge >= 0.3 is 0 Å². The average molecular weight is 309 g/mol. The predicted octanol–water partition coefficient (Wildman–Crippen LogP) is 3.56. The predicted molar refractivity (Wildman–Crippen MR) is 81.1 cm³/mol. The number of nitrogens with zero attached hydrogens (tertiary/aromatic N) is 2. The highest BCUT2D eigenvalue weighted by molar-refractivity contribution is 6.31. The van der Waals surface area contributed by atoms with E-state index in [-0.39, 0.29) is 24.1 Å². The molecule has 1 amide bonds. The minimum absolute atomic E-state index is 0.00234. The molecule has 0 bridgehead atoms. The molecule has 112 valence electrons. The first-order chi connectivity index (χ1) is 9.99. The van der Waals surface area contributed by atoms with Gasteiger partial charge in [-0.3, -0.25) is 14.9 Å². The molecule has 1 aromatic carbocycles. The summed E-state index contributed by atoms with van der Waals surface area (Å²) in [6, 6.07) is 4.28. The number of hydrogen-bond acceptors (Lipinski definition) is 3. The van der Waals surface area contributed by atoms with E-state index in [9.17, 15) is 14.9 Å². The van der Waals surface area contributed by atoms with Crippen molar-refractivity contribution in [2.75, 3.05) is 7.05 Å². The van der Waals surface area contributed by atoms with E-state index in [2.05, 4.69) is 6.08 Å². The van der Waals surface area contributed by atoms with Crippen molar-refractivity contribution in [1.29, 1.82) is 0 Å². The van der Waals surface area contributed by atoms with Crippen LogP contribution < -0.4 is 0 Å². The van der Waals surface area contributed by atoms with Gasteiger partial charge in [0.15, 0.2) is 0 Å². The van der Waals surface area contributed by atoms with Crippen LogP contribution in [0, 0.1) is 16.0 Å². The van der Waals surface area contributed by atoms with Crippen molar-refractivity contribution in [2.24, 2.45) is 5.92 Å². The van der Waals surface area contributed by atoms with E-state index in [1.807, 2.05) is 6.08 Å². The number of hydrogen-bond donors (Lipinski definition) is 0. The van der Waals surface area contributed by atoms with Gasteiger partial charge in [-0.2, -0.15) is 0 Å². The van der Waals surface area contributed by atoms with Gasteiger partial charge in [-0.1, -0.05) is 23.8 Å². The van der Waals surface area contributed by atoms with Gasteiger partial charge in [0.05, 0.1) is 4.92 Å². The number of carbonyl (C=O) groups excluding carboxylic acids is 1. The number of nitro groups is 1. The molecule has 0 saturated heterocycles. The third kappa shape index (κ3) is 3.82. The van der Waals surface area contributed by atoms with E-state index in [1.54, 1.807) is 11.9 Å². The fourth-order valence-electron chi connectivity index (χ4n) is 2.46. The number of halogens is 1. The summed E-state index contributed by atoms with van der Waals surface area (Å²) in [5, 5.41) is 11.2. The van der Waals surface area contributed by atoms with Crippen LogP contribution in [0.2, 0.25) is 5.02 Å². The topological polar surface area (TPSA) is 63.4 Å². The number of nitro benzene ring substituents is 1. The van der Waals surface area contributed by atoms with Gasteiger partial charge in [-0.15, -0.1) is 0 Å². The number of carbonyl (C=O) groups is 1. The van der Waals surface area contributed by atoms with Crippen LogP contribution in [-0.4, -0.2) is 22.8 Å². The molecular formula is C15H17ClN2O3. The molecule has 1 aliphatic carbocycles. The standard InChI is InChI=1S/C15H17ClN2O3/c1-17(15(19)11-5-3-2-4-6-11)10-12-9-13(18(20)21)7-8-14(12)16/h2-3,7-9,11H,4-6,10H2,1H3. The number of benzene rings is 1. The third-order valence-corrected chi connectivity index (χ3v) is 4.01. The van der Waals surface area contributed by atoms with E-state index in [1.165, 1.54) is 18.2 Å². The lowest BCUT2D eigenvalue weighted by Gasteiger charge is -2.24. The van der Waals surface area contributed by atoms with E-state index >= 15 is 0 Å². The van der Waals surface area contributed by atoms with Gasteiger partial charge in [0.1, 0.15) is 0 Å². The first-order valence-corrected chi connectivity index (χ1v) is 7.19. The molecule has 1 unspecified atom stereocenters. The van der Waals surface area contributed by atoms with Crippen LogP contribution in [-0.2, 0) is 11.3 Å². The van der Waals surface area contributed by atoms with E-state index < -0.39 is 4.92 Å². The third-order valence-electron chi connectivity index (χ3n) is 3.64. The van der Waals surface area contributed by atoms with Gasteiger partial charge in [0.2, 0.25) is 5.91 Å². The molecule has 2 rings (SSSR count). The molecule has 1 aromatic rings. The highest BCUT2D eigenvalue weighted by Crippen LogP contribution is 2.25. The molecule has 0 N–H and O–H groups in total. The second-order valence-electron chi connectivity index (χ2n) is 5.21. The van der Waals surface area contributed by atoms with Crippen molar-refractivity contribution in [3.8, 4) is 0 Å². The average Bonchev–Trinajstić information content (AvgIpc) is 2.49. The molecule has 0 saturated carbocycles. The van der Waals surface area contributed by atoms with Crippen LogP contribution in [0.25, 0.3) is 0 Å². The van der Waals surface area contributed by atoms with Crippen molar-refractivity contribution in [2.45, 2.75) is 25.8 Å². The Bertz CT molecular complexity index is 586. The van der Waals surface area contributed by atoms with Crippen LogP contribution in [0.5, 0.6) is 0 Å². The maximum absolute atomic E-state index is 12.3. The van der Waals surface area contributed by atoms with E-state index in [0.29, 0.717) is 10.6 Å². The van der Waals surface area contributed by atoms with Gasteiger partial charge < -0.3 is 4.90 Å². The zero-order valence-electron chi connectivity index (χ0n) is 11.8. The summed E-state index contributed by atoms with van der Waals surface area (Å²) in [5.41, 5.74) is 0.573. The molecule has 21 heavy (non-hydrogen) atoms. The van der Waals surface area contributed by atoms with Crippen LogP contribution >= 0.6 is 11.6 Å². The van der Waals surface area contributed by atoms with Crippen molar-refractivity contribution in [3.63, 3.8) is 0 Å². The normalized spacial score (nSPS) is 17.5. The quantitative estimate of drug-likeness (QED) is 0.485. The maximum atomic E-state index is 12.3. The van der Waals surface area contributed by atoms with Gasteiger partial charge in [-0.25, -0.2) is 0 Å². The monoisotopic (exact) mass is 308 g/mol. The van der Waals surface area contributed by atoms with Crippen molar-refractivity contribution in [1.82, 2.24) is 4.90 Å². The summed E-state index contributed by atoms with van der Waals surface area (Å²) in [5.74, 6) is 0.0550. The minimum Gasteiger partial charge on any atom is -0.341 e. The molecular weight excluding hydrogens is 292 g/mol. The highest BCUT2D eigenvalue weighted by Gasteiger charge is 2.23. The summed E-state index contributed by atoms with van der Waals surface area (Å²) in [4.78, 5) is 24.3. The number of non-ortho nitro benzene ring substituents is 1. The van der Waals surface area contributed by atoms with Crippen molar-refractivity contribution < 1.29 is 9.72 Å². The Kier molecular flexibility index (Phi) is 4.96. The Labute approximate surface area is 128 Å². The first-order valence-electron chi connectivity index (χ1n) is 6.82. The molecule has 0 spiro atoms. The number of rotatable bonds is 4. The minimum atomic E-state index is -0.465. The molecule has 1 aliphatic rings. The first kappa shape index (κ1) is 15.5. The summed E-state index contributed by atoms with van der Waals surface area (Å²) in [7, 11) is 1.70. The zero-order chi connectivity index (χ0) is 15.4. The van der Waals surface area contributed by atoms with E-state index in [0.717, 1.165) is 19.3 Å². The molecule has 0 fully saturated rings. The molecule has 0 aliphatic heterocycles. The van der Waals surface area contributed by atoms with Crippen molar-refractivity contribution >= 4 is 23.2 Å². The summed E-state index contributed by atoms with van der Waals surface area (Å²) in [6.07, 6.45) is 6.64. The molecule has 5 nitrogen and oxygen atoms in total. The Hall–Kier alpha value is -1.88. The smallest absolute Gasteiger partial charge is 0.269 e. The fraction of sp³-hybridized carbons (Fsp3) is 0.400.